The molecule has 1 heterocycles. The lowest BCUT2D eigenvalue weighted by atomic mass is 10.1. The van der Waals surface area contributed by atoms with E-state index in [0.29, 0.717) is 0 Å². The van der Waals surface area contributed by atoms with E-state index >= 15 is 0 Å². The molecular weight excluding hydrogens is 417 g/mol. The van der Waals surface area contributed by atoms with Gasteiger partial charge in [-0.2, -0.15) is 5.10 Å². The minimum absolute atomic E-state index is 0. The smallest absolute Gasteiger partial charge is 0.191 e. The normalized spacial score (nSPS) is 10.8. The number of hydrogen-bond donors (Lipinski definition) is 2. The maximum absolute atomic E-state index is 5.16. The Morgan fingerprint density at radius 1 is 1.25 bits per heavy atom. The monoisotopic (exact) mass is 443 g/mol. The van der Waals surface area contributed by atoms with E-state index in [9.17, 15) is 0 Å². The summed E-state index contributed by atoms with van der Waals surface area (Å²) < 4.78 is 7.06. The lowest BCUT2D eigenvalue weighted by Crippen LogP contribution is -2.39. The Balaban J connectivity index is 0.00000288. The zero-order chi connectivity index (χ0) is 16.3. The molecule has 24 heavy (non-hydrogen) atoms. The Kier molecular flexibility index (Phi) is 9.90. The fourth-order valence-electron chi connectivity index (χ4n) is 2.15. The molecule has 0 spiro atoms. The van der Waals surface area contributed by atoms with Crippen LogP contribution >= 0.6 is 24.0 Å². The summed E-state index contributed by atoms with van der Waals surface area (Å²) in [5.41, 5.74) is 1.25. The van der Waals surface area contributed by atoms with Gasteiger partial charge in [0.05, 0.1) is 13.7 Å². The number of methoxy groups -OCH3 is 1. The average Bonchev–Trinajstić information content (AvgIpc) is 3.09. The van der Waals surface area contributed by atoms with E-state index in [1.165, 1.54) is 5.56 Å². The largest absolute Gasteiger partial charge is 0.497 e. The molecule has 7 heteroatoms. The van der Waals surface area contributed by atoms with Gasteiger partial charge in [-0.05, 0) is 37.1 Å². The van der Waals surface area contributed by atoms with Gasteiger partial charge in [-0.3, -0.25) is 9.67 Å². The van der Waals surface area contributed by atoms with Crippen molar-refractivity contribution in [2.75, 3.05) is 26.7 Å². The maximum atomic E-state index is 5.16. The first-order valence-corrected chi connectivity index (χ1v) is 7.94. The number of rotatable bonds is 8. The highest BCUT2D eigenvalue weighted by Crippen LogP contribution is 2.11. The lowest BCUT2D eigenvalue weighted by Gasteiger charge is -2.11. The maximum Gasteiger partial charge on any atom is 0.191 e. The van der Waals surface area contributed by atoms with E-state index < -0.39 is 0 Å². The van der Waals surface area contributed by atoms with Crippen LogP contribution in [0, 0.1) is 0 Å². The number of benzene rings is 1. The summed E-state index contributed by atoms with van der Waals surface area (Å²) in [5, 5.41) is 10.8. The van der Waals surface area contributed by atoms with E-state index in [1.807, 2.05) is 29.1 Å². The number of ether oxygens (including phenoxy) is 1. The van der Waals surface area contributed by atoms with Crippen LogP contribution in [0.25, 0.3) is 0 Å². The molecule has 2 aromatic rings. The molecule has 0 unspecified atom stereocenters. The van der Waals surface area contributed by atoms with Gasteiger partial charge < -0.3 is 15.4 Å². The van der Waals surface area contributed by atoms with Gasteiger partial charge in [0.1, 0.15) is 5.75 Å². The molecule has 0 aliphatic rings. The van der Waals surface area contributed by atoms with Gasteiger partial charge in [0.25, 0.3) is 0 Å². The molecule has 0 saturated carbocycles. The molecule has 0 radical (unpaired) electrons. The Labute approximate surface area is 160 Å². The van der Waals surface area contributed by atoms with Crippen molar-refractivity contribution in [3.05, 3.63) is 48.3 Å². The molecule has 2 N–H and O–H groups in total. The van der Waals surface area contributed by atoms with Crippen LogP contribution in [0.2, 0.25) is 0 Å². The highest BCUT2D eigenvalue weighted by Gasteiger charge is 1.98. The molecule has 6 nitrogen and oxygen atoms in total. The van der Waals surface area contributed by atoms with Gasteiger partial charge in [0.15, 0.2) is 5.96 Å². The lowest BCUT2D eigenvalue weighted by molar-refractivity contribution is 0.414. The summed E-state index contributed by atoms with van der Waals surface area (Å²) in [5.74, 6) is 1.72. The van der Waals surface area contributed by atoms with Crippen LogP contribution in [-0.2, 0) is 13.0 Å². The number of hydrogen-bond acceptors (Lipinski definition) is 3. The predicted octanol–water partition coefficient (Wildman–Crippen LogP) is 2.31. The van der Waals surface area contributed by atoms with Crippen molar-refractivity contribution in [3.63, 3.8) is 0 Å². The Morgan fingerprint density at radius 3 is 2.67 bits per heavy atom. The van der Waals surface area contributed by atoms with Crippen molar-refractivity contribution in [2.45, 2.75) is 19.9 Å². The molecule has 1 aromatic carbocycles. The second kappa shape index (κ2) is 11.7. The Morgan fingerprint density at radius 2 is 2.04 bits per heavy atom. The zero-order valence-corrected chi connectivity index (χ0v) is 16.6. The van der Waals surface area contributed by atoms with Gasteiger partial charge in [-0.25, -0.2) is 0 Å². The molecule has 0 saturated heterocycles. The molecule has 132 valence electrons. The van der Waals surface area contributed by atoms with Gasteiger partial charge >= 0.3 is 0 Å². The summed E-state index contributed by atoms with van der Waals surface area (Å²) in [7, 11) is 1.68. The number of aliphatic imine (C=N–C) groups is 1. The van der Waals surface area contributed by atoms with Crippen molar-refractivity contribution in [1.82, 2.24) is 20.4 Å². The van der Waals surface area contributed by atoms with E-state index in [0.717, 1.165) is 44.3 Å². The second-order valence-electron chi connectivity index (χ2n) is 5.05. The number of halogens is 1. The van der Waals surface area contributed by atoms with Crippen LogP contribution in [0.15, 0.2) is 47.7 Å². The summed E-state index contributed by atoms with van der Waals surface area (Å²) in [4.78, 5) is 4.60. The summed E-state index contributed by atoms with van der Waals surface area (Å²) in [6.07, 6.45) is 4.64. The Bertz CT molecular complexity index is 584. The van der Waals surface area contributed by atoms with Crippen molar-refractivity contribution in [2.24, 2.45) is 4.99 Å². The van der Waals surface area contributed by atoms with Crippen LogP contribution in [0.4, 0.5) is 0 Å². The van der Waals surface area contributed by atoms with E-state index in [2.05, 4.69) is 39.8 Å². The zero-order valence-electron chi connectivity index (χ0n) is 14.2. The SMILES string of the molecule is CCNC(=NCCc1ccc(OC)cc1)NCCn1cccn1.I. The van der Waals surface area contributed by atoms with Crippen LogP contribution in [-0.4, -0.2) is 42.5 Å². The predicted molar refractivity (Wildman–Crippen MR) is 108 cm³/mol. The molecule has 0 aliphatic heterocycles. The molecule has 0 fully saturated rings. The fourth-order valence-corrected chi connectivity index (χ4v) is 2.15. The average molecular weight is 443 g/mol. The quantitative estimate of drug-likeness (QED) is 0.374. The third-order valence-electron chi connectivity index (χ3n) is 3.37. The van der Waals surface area contributed by atoms with Crippen molar-refractivity contribution in [3.8, 4) is 5.75 Å². The number of nitrogens with zero attached hydrogens (tertiary/aromatic N) is 3. The first-order valence-electron chi connectivity index (χ1n) is 7.94. The molecule has 0 atom stereocenters. The fraction of sp³-hybridized carbons (Fsp3) is 0.412. The standard InChI is InChI=1S/C17H25N5O.HI/c1-3-18-17(20-12-14-22-13-4-10-21-22)19-11-9-15-5-7-16(23-2)8-6-15;/h4-8,10,13H,3,9,11-12,14H2,1-2H3,(H2,18,19,20);1H. The summed E-state index contributed by atoms with van der Waals surface area (Å²) in [6, 6.07) is 10.0. The molecule has 2 rings (SSSR count). The van der Waals surface area contributed by atoms with Crippen molar-refractivity contribution < 1.29 is 4.74 Å². The molecule has 0 amide bonds. The van der Waals surface area contributed by atoms with Crippen LogP contribution in [0.5, 0.6) is 5.75 Å². The van der Waals surface area contributed by atoms with Gasteiger partial charge in [0, 0.05) is 32.0 Å². The van der Waals surface area contributed by atoms with Crippen LogP contribution in [0.1, 0.15) is 12.5 Å². The van der Waals surface area contributed by atoms with Crippen molar-refractivity contribution >= 4 is 29.9 Å². The van der Waals surface area contributed by atoms with E-state index in [4.69, 9.17) is 4.74 Å². The van der Waals surface area contributed by atoms with Gasteiger partial charge in [-0.1, -0.05) is 12.1 Å². The number of nitrogens with one attached hydrogen (secondary N) is 2. The third kappa shape index (κ3) is 7.20. The minimum atomic E-state index is 0. The molecule has 0 bridgehead atoms. The van der Waals surface area contributed by atoms with Crippen molar-refractivity contribution in [1.29, 1.82) is 0 Å². The number of guanidine groups is 1. The molecule has 1 aromatic heterocycles. The third-order valence-corrected chi connectivity index (χ3v) is 3.37. The topological polar surface area (TPSA) is 63.5 Å². The van der Waals surface area contributed by atoms with Gasteiger partial charge in [0.2, 0.25) is 0 Å². The number of aromatic nitrogens is 2. The van der Waals surface area contributed by atoms with Crippen LogP contribution < -0.4 is 15.4 Å². The highest BCUT2D eigenvalue weighted by molar-refractivity contribution is 14.0. The molecular formula is C17H26IN5O. The minimum Gasteiger partial charge on any atom is -0.497 e. The van der Waals surface area contributed by atoms with E-state index in [-0.39, 0.29) is 24.0 Å². The molecule has 0 aliphatic carbocycles. The highest BCUT2D eigenvalue weighted by atomic mass is 127. The van der Waals surface area contributed by atoms with Crippen LogP contribution in [0.3, 0.4) is 0 Å². The van der Waals surface area contributed by atoms with Gasteiger partial charge in [-0.15, -0.1) is 24.0 Å². The summed E-state index contributed by atoms with van der Waals surface area (Å²) in [6.45, 7) is 5.25. The summed E-state index contributed by atoms with van der Waals surface area (Å²) >= 11 is 0. The Hall–Kier alpha value is -1.77. The van der Waals surface area contributed by atoms with E-state index in [1.54, 1.807) is 13.3 Å². The second-order valence-corrected chi connectivity index (χ2v) is 5.05. The first kappa shape index (κ1) is 20.3. The first-order chi connectivity index (χ1) is 11.3.